The summed E-state index contributed by atoms with van der Waals surface area (Å²) in [6, 6.07) is 0. The lowest BCUT2D eigenvalue weighted by molar-refractivity contribution is 0.0450. The van der Waals surface area contributed by atoms with Gasteiger partial charge in [-0.25, -0.2) is 0 Å². The van der Waals surface area contributed by atoms with E-state index in [9.17, 15) is 0 Å². The van der Waals surface area contributed by atoms with Crippen LogP contribution in [0.25, 0.3) is 0 Å². The molecule has 2 rings (SSSR count). The minimum Gasteiger partial charge on any atom is -0.381 e. The standard InChI is InChI=1S/C15H26N2O/c1-16-10-5-14(6-11-16)4-3-9-17-12-7-15(18-2)8-13-17/h14-15H,5-13H2,1-2H3. The second kappa shape index (κ2) is 7.13. The fourth-order valence-electron chi connectivity index (χ4n) is 2.76. The molecule has 2 saturated heterocycles. The van der Waals surface area contributed by atoms with E-state index in [2.05, 4.69) is 28.7 Å². The molecule has 2 aliphatic rings. The lowest BCUT2D eigenvalue weighted by Gasteiger charge is -2.29. The molecule has 0 aromatic carbocycles. The molecule has 3 heteroatoms. The third-order valence-electron chi connectivity index (χ3n) is 4.20. The second-order valence-electron chi connectivity index (χ2n) is 5.61. The van der Waals surface area contributed by atoms with Crippen molar-refractivity contribution < 1.29 is 4.74 Å². The Balaban J connectivity index is 1.66. The molecule has 0 unspecified atom stereocenters. The largest absolute Gasteiger partial charge is 0.381 e. The van der Waals surface area contributed by atoms with Crippen LogP contribution in [0.4, 0.5) is 0 Å². The van der Waals surface area contributed by atoms with Gasteiger partial charge in [-0.2, -0.15) is 0 Å². The molecule has 0 saturated carbocycles. The van der Waals surface area contributed by atoms with Crippen molar-refractivity contribution in [2.24, 2.45) is 5.92 Å². The monoisotopic (exact) mass is 250 g/mol. The Morgan fingerprint density at radius 2 is 1.72 bits per heavy atom. The Morgan fingerprint density at radius 3 is 2.33 bits per heavy atom. The van der Waals surface area contributed by atoms with Gasteiger partial charge in [0.25, 0.3) is 0 Å². The summed E-state index contributed by atoms with van der Waals surface area (Å²) in [5, 5.41) is 0. The molecule has 2 heterocycles. The zero-order chi connectivity index (χ0) is 12.8. The van der Waals surface area contributed by atoms with Gasteiger partial charge in [0.2, 0.25) is 0 Å². The first-order valence-electron chi connectivity index (χ1n) is 7.20. The van der Waals surface area contributed by atoms with Crippen LogP contribution in [0.3, 0.4) is 0 Å². The third kappa shape index (κ3) is 4.28. The predicted octanol–water partition coefficient (Wildman–Crippen LogP) is 1.44. The van der Waals surface area contributed by atoms with Gasteiger partial charge in [-0.3, -0.25) is 4.90 Å². The summed E-state index contributed by atoms with van der Waals surface area (Å²) in [6.45, 7) is 5.64. The van der Waals surface area contributed by atoms with E-state index in [0.29, 0.717) is 12.0 Å². The van der Waals surface area contributed by atoms with E-state index >= 15 is 0 Å². The molecular formula is C15H26N2O. The lowest BCUT2D eigenvalue weighted by atomic mass is 9.98. The first kappa shape index (κ1) is 13.9. The Kier molecular flexibility index (Phi) is 5.49. The van der Waals surface area contributed by atoms with Crippen molar-refractivity contribution in [2.45, 2.75) is 31.8 Å². The van der Waals surface area contributed by atoms with Crippen molar-refractivity contribution >= 4 is 0 Å². The molecule has 3 nitrogen and oxygen atoms in total. The Labute approximate surface area is 111 Å². The van der Waals surface area contributed by atoms with Gasteiger partial charge in [-0.1, -0.05) is 11.8 Å². The summed E-state index contributed by atoms with van der Waals surface area (Å²) in [5.41, 5.74) is 0. The van der Waals surface area contributed by atoms with Crippen LogP contribution in [0.5, 0.6) is 0 Å². The van der Waals surface area contributed by atoms with Crippen LogP contribution < -0.4 is 0 Å². The fourth-order valence-corrected chi connectivity index (χ4v) is 2.76. The second-order valence-corrected chi connectivity index (χ2v) is 5.61. The maximum absolute atomic E-state index is 5.38. The minimum atomic E-state index is 0.475. The number of methoxy groups -OCH3 is 1. The molecule has 2 aliphatic heterocycles. The SMILES string of the molecule is COC1CCN(CC#CC2CCN(C)CC2)CC1. The molecule has 18 heavy (non-hydrogen) atoms. The fraction of sp³-hybridized carbons (Fsp3) is 0.867. The van der Waals surface area contributed by atoms with Crippen molar-refractivity contribution in [1.29, 1.82) is 0 Å². The van der Waals surface area contributed by atoms with Gasteiger partial charge in [0, 0.05) is 26.1 Å². The first-order chi connectivity index (χ1) is 8.78. The maximum Gasteiger partial charge on any atom is 0.0601 e. The van der Waals surface area contributed by atoms with Gasteiger partial charge in [-0.15, -0.1) is 0 Å². The summed E-state index contributed by atoms with van der Waals surface area (Å²) >= 11 is 0. The summed E-state index contributed by atoms with van der Waals surface area (Å²) in [4.78, 5) is 4.85. The van der Waals surface area contributed by atoms with Gasteiger partial charge in [0.1, 0.15) is 0 Å². The van der Waals surface area contributed by atoms with Gasteiger partial charge in [0.05, 0.1) is 12.6 Å². The van der Waals surface area contributed by atoms with Crippen molar-refractivity contribution in [3.05, 3.63) is 0 Å². The van der Waals surface area contributed by atoms with E-state index in [1.54, 1.807) is 0 Å². The van der Waals surface area contributed by atoms with E-state index in [1.165, 1.54) is 25.9 Å². The van der Waals surface area contributed by atoms with Gasteiger partial charge < -0.3 is 9.64 Å². The molecule has 0 N–H and O–H groups in total. The number of likely N-dealkylation sites (tertiary alicyclic amines) is 2. The minimum absolute atomic E-state index is 0.475. The van der Waals surface area contributed by atoms with Crippen LogP contribution >= 0.6 is 0 Å². The molecule has 0 aromatic rings. The molecule has 0 radical (unpaired) electrons. The summed E-state index contributed by atoms with van der Waals surface area (Å²) in [6.07, 6.45) is 5.28. The molecular weight excluding hydrogens is 224 g/mol. The van der Waals surface area contributed by atoms with E-state index in [-0.39, 0.29) is 0 Å². The van der Waals surface area contributed by atoms with Crippen molar-refractivity contribution in [2.75, 3.05) is 46.9 Å². The van der Waals surface area contributed by atoms with Crippen LogP contribution in [0.15, 0.2) is 0 Å². The van der Waals surface area contributed by atoms with Crippen LogP contribution in [0, 0.1) is 17.8 Å². The average Bonchev–Trinajstić information content (AvgIpc) is 2.42. The molecule has 0 aromatic heterocycles. The highest BCUT2D eigenvalue weighted by Gasteiger charge is 2.18. The molecule has 0 spiro atoms. The Bertz CT molecular complexity index is 291. The topological polar surface area (TPSA) is 15.7 Å². The highest BCUT2D eigenvalue weighted by Crippen LogP contribution is 2.15. The zero-order valence-corrected chi connectivity index (χ0v) is 11.8. The van der Waals surface area contributed by atoms with Crippen LogP contribution in [-0.4, -0.2) is 62.8 Å². The van der Waals surface area contributed by atoms with E-state index in [1.807, 2.05) is 7.11 Å². The Hall–Kier alpha value is -0.560. The Morgan fingerprint density at radius 1 is 1.06 bits per heavy atom. The van der Waals surface area contributed by atoms with Gasteiger partial charge in [0.15, 0.2) is 0 Å². The molecule has 0 amide bonds. The number of ether oxygens (including phenoxy) is 1. The lowest BCUT2D eigenvalue weighted by Crippen LogP contribution is -2.36. The zero-order valence-electron chi connectivity index (χ0n) is 11.8. The normalized spacial score (nSPS) is 24.8. The third-order valence-corrected chi connectivity index (χ3v) is 4.20. The van der Waals surface area contributed by atoms with Crippen molar-refractivity contribution in [3.63, 3.8) is 0 Å². The van der Waals surface area contributed by atoms with Crippen molar-refractivity contribution in [1.82, 2.24) is 9.80 Å². The van der Waals surface area contributed by atoms with Crippen LogP contribution in [0.1, 0.15) is 25.7 Å². The maximum atomic E-state index is 5.38. The van der Waals surface area contributed by atoms with Crippen LogP contribution in [0.2, 0.25) is 0 Å². The number of hydrogen-bond donors (Lipinski definition) is 0. The van der Waals surface area contributed by atoms with Crippen LogP contribution in [-0.2, 0) is 4.74 Å². The number of nitrogens with zero attached hydrogens (tertiary/aromatic N) is 2. The van der Waals surface area contributed by atoms with Crippen molar-refractivity contribution in [3.8, 4) is 11.8 Å². The molecule has 0 atom stereocenters. The number of piperidine rings is 2. The molecule has 0 aliphatic carbocycles. The predicted molar refractivity (Wildman–Crippen MR) is 74.5 cm³/mol. The average molecular weight is 250 g/mol. The quantitative estimate of drug-likeness (QED) is 0.690. The van der Waals surface area contributed by atoms with E-state index in [4.69, 9.17) is 4.74 Å². The number of rotatable bonds is 2. The van der Waals surface area contributed by atoms with Gasteiger partial charge >= 0.3 is 0 Å². The van der Waals surface area contributed by atoms with Gasteiger partial charge in [-0.05, 0) is 45.8 Å². The highest BCUT2D eigenvalue weighted by molar-refractivity contribution is 5.06. The van der Waals surface area contributed by atoms with E-state index < -0.39 is 0 Å². The van der Waals surface area contributed by atoms with E-state index in [0.717, 1.165) is 32.5 Å². The first-order valence-corrected chi connectivity index (χ1v) is 7.20. The summed E-state index contributed by atoms with van der Waals surface area (Å²) in [7, 11) is 4.02. The summed E-state index contributed by atoms with van der Waals surface area (Å²) in [5.74, 6) is 7.49. The molecule has 2 fully saturated rings. The smallest absolute Gasteiger partial charge is 0.0601 e. The summed E-state index contributed by atoms with van der Waals surface area (Å²) < 4.78 is 5.38. The number of hydrogen-bond acceptors (Lipinski definition) is 3. The molecule has 102 valence electrons. The highest BCUT2D eigenvalue weighted by atomic mass is 16.5. The molecule has 0 bridgehead atoms.